The molecule has 17 heavy (non-hydrogen) atoms. The molecule has 0 aromatic heterocycles. The van der Waals surface area contributed by atoms with Crippen LogP contribution in [-0.4, -0.2) is 22.5 Å². The van der Waals surface area contributed by atoms with Gasteiger partial charge in [-0.2, -0.15) is 11.8 Å². The van der Waals surface area contributed by atoms with Gasteiger partial charge in [-0.05, 0) is 25.7 Å². The van der Waals surface area contributed by atoms with Gasteiger partial charge < -0.3 is 5.32 Å². The Bertz CT molecular complexity index is 396. The number of nitro groups is 1. The number of rotatable bonds is 6. The molecule has 1 unspecified atom stereocenters. The van der Waals surface area contributed by atoms with E-state index in [1.165, 1.54) is 6.07 Å². The van der Waals surface area contributed by atoms with Crippen LogP contribution in [0.4, 0.5) is 11.4 Å². The van der Waals surface area contributed by atoms with Crippen molar-refractivity contribution in [1.29, 1.82) is 0 Å². The van der Waals surface area contributed by atoms with Gasteiger partial charge in [-0.25, -0.2) is 0 Å². The summed E-state index contributed by atoms with van der Waals surface area (Å²) < 4.78 is 0. The van der Waals surface area contributed by atoms with E-state index in [1.54, 1.807) is 13.0 Å². The molecule has 0 aliphatic heterocycles. The molecular formula is C12H18N2O2S. The molecule has 0 saturated heterocycles. The minimum Gasteiger partial charge on any atom is -0.381 e. The minimum absolute atomic E-state index is 0.172. The second-order valence-electron chi connectivity index (χ2n) is 3.91. The van der Waals surface area contributed by atoms with Gasteiger partial charge in [0.05, 0.1) is 4.92 Å². The van der Waals surface area contributed by atoms with E-state index < -0.39 is 0 Å². The molecule has 0 spiro atoms. The first kappa shape index (κ1) is 13.8. The summed E-state index contributed by atoms with van der Waals surface area (Å²) in [6.07, 6.45) is 0. The molecule has 0 fully saturated rings. The largest absolute Gasteiger partial charge is 0.381 e. The highest BCUT2D eigenvalue weighted by molar-refractivity contribution is 7.99. The molecule has 4 nitrogen and oxygen atoms in total. The smallest absolute Gasteiger partial charge is 0.274 e. The average molecular weight is 254 g/mol. The van der Waals surface area contributed by atoms with Crippen LogP contribution in [0.3, 0.4) is 0 Å². The van der Waals surface area contributed by atoms with Gasteiger partial charge in [0.2, 0.25) is 0 Å². The maximum Gasteiger partial charge on any atom is 0.274 e. The van der Waals surface area contributed by atoms with Gasteiger partial charge in [0, 0.05) is 29.1 Å². The molecule has 1 aromatic rings. The Balaban J connectivity index is 2.77. The Morgan fingerprint density at radius 3 is 2.82 bits per heavy atom. The third kappa shape index (κ3) is 3.93. The first-order valence-corrected chi connectivity index (χ1v) is 6.80. The normalized spacial score (nSPS) is 12.2. The number of hydrogen-bond acceptors (Lipinski definition) is 4. The quantitative estimate of drug-likeness (QED) is 0.624. The van der Waals surface area contributed by atoms with Crippen molar-refractivity contribution in [2.45, 2.75) is 26.8 Å². The van der Waals surface area contributed by atoms with Gasteiger partial charge in [-0.1, -0.05) is 13.0 Å². The number of anilines is 1. The first-order chi connectivity index (χ1) is 8.06. The van der Waals surface area contributed by atoms with Gasteiger partial charge in [-0.15, -0.1) is 0 Å². The van der Waals surface area contributed by atoms with Crippen molar-refractivity contribution >= 4 is 23.1 Å². The van der Waals surface area contributed by atoms with E-state index in [0.717, 1.165) is 17.2 Å². The lowest BCUT2D eigenvalue weighted by molar-refractivity contribution is -0.385. The number of benzene rings is 1. The van der Waals surface area contributed by atoms with Crippen LogP contribution < -0.4 is 5.32 Å². The van der Waals surface area contributed by atoms with Gasteiger partial charge in [0.15, 0.2) is 0 Å². The summed E-state index contributed by atoms with van der Waals surface area (Å²) in [7, 11) is 0. The summed E-state index contributed by atoms with van der Waals surface area (Å²) in [4.78, 5) is 10.5. The lowest BCUT2D eigenvalue weighted by Gasteiger charge is -2.16. The van der Waals surface area contributed by atoms with E-state index >= 15 is 0 Å². The molecule has 0 radical (unpaired) electrons. The zero-order valence-electron chi connectivity index (χ0n) is 10.4. The predicted octanol–water partition coefficient (Wildman–Crippen LogP) is 3.46. The van der Waals surface area contributed by atoms with Crippen molar-refractivity contribution < 1.29 is 4.92 Å². The molecule has 1 atom stereocenters. The molecule has 0 aliphatic rings. The lowest BCUT2D eigenvalue weighted by Crippen LogP contribution is -2.18. The van der Waals surface area contributed by atoms with Crippen LogP contribution in [0, 0.1) is 17.0 Å². The number of nitrogens with zero attached hydrogens (tertiary/aromatic N) is 1. The zero-order valence-corrected chi connectivity index (χ0v) is 11.2. The fourth-order valence-electron chi connectivity index (χ4n) is 1.58. The maximum atomic E-state index is 10.8. The van der Waals surface area contributed by atoms with Crippen LogP contribution in [0.5, 0.6) is 0 Å². The fraction of sp³-hybridized carbons (Fsp3) is 0.500. The van der Waals surface area contributed by atoms with Crippen molar-refractivity contribution in [3.63, 3.8) is 0 Å². The van der Waals surface area contributed by atoms with Crippen LogP contribution in [0.25, 0.3) is 0 Å². The van der Waals surface area contributed by atoms with E-state index in [0.29, 0.717) is 11.6 Å². The van der Waals surface area contributed by atoms with Crippen LogP contribution in [0.15, 0.2) is 18.2 Å². The number of nitro benzene ring substituents is 1. The summed E-state index contributed by atoms with van der Waals surface area (Å²) >= 11 is 1.86. The molecule has 0 amide bonds. The summed E-state index contributed by atoms with van der Waals surface area (Å²) in [6.45, 7) is 5.98. The van der Waals surface area contributed by atoms with E-state index in [4.69, 9.17) is 0 Å². The fourth-order valence-corrected chi connectivity index (χ4v) is 2.25. The second-order valence-corrected chi connectivity index (χ2v) is 5.23. The number of nitrogens with one attached hydrogen (secondary N) is 1. The van der Waals surface area contributed by atoms with Gasteiger partial charge in [-0.3, -0.25) is 10.1 Å². The predicted molar refractivity (Wildman–Crippen MR) is 73.9 cm³/mol. The van der Waals surface area contributed by atoms with Crippen molar-refractivity contribution in [2.75, 3.05) is 16.8 Å². The number of hydrogen-bond donors (Lipinski definition) is 1. The molecule has 1 rings (SSSR count). The third-order valence-electron chi connectivity index (χ3n) is 2.48. The van der Waals surface area contributed by atoms with Crippen molar-refractivity contribution in [3.05, 3.63) is 33.9 Å². The molecule has 94 valence electrons. The summed E-state index contributed by atoms with van der Waals surface area (Å²) in [5.41, 5.74) is 1.72. The Labute approximate surface area is 106 Å². The zero-order chi connectivity index (χ0) is 12.8. The lowest BCUT2D eigenvalue weighted by atomic mass is 10.1. The standard InChI is InChI=1S/C12H18N2O2S/c1-4-17-8-9(2)13-11-6-5-7-12(10(11)3)14(15)16/h5-7,9,13H,4,8H2,1-3H3. The maximum absolute atomic E-state index is 10.8. The molecular weight excluding hydrogens is 236 g/mol. The molecule has 0 heterocycles. The summed E-state index contributed by atoms with van der Waals surface area (Å²) in [5.74, 6) is 2.08. The Kier molecular flexibility index (Phi) is 5.28. The van der Waals surface area contributed by atoms with Crippen LogP contribution >= 0.6 is 11.8 Å². The van der Waals surface area contributed by atoms with E-state index in [2.05, 4.69) is 19.2 Å². The number of thioether (sulfide) groups is 1. The second kappa shape index (κ2) is 6.49. The van der Waals surface area contributed by atoms with Crippen LogP contribution in [0.2, 0.25) is 0 Å². The molecule has 0 bridgehead atoms. The van der Waals surface area contributed by atoms with Crippen LogP contribution in [0.1, 0.15) is 19.4 Å². The highest BCUT2D eigenvalue weighted by atomic mass is 32.2. The van der Waals surface area contributed by atoms with Crippen LogP contribution in [-0.2, 0) is 0 Å². The first-order valence-electron chi connectivity index (χ1n) is 5.64. The highest BCUT2D eigenvalue weighted by Gasteiger charge is 2.14. The van der Waals surface area contributed by atoms with E-state index in [1.807, 2.05) is 17.8 Å². The van der Waals surface area contributed by atoms with Crippen molar-refractivity contribution in [1.82, 2.24) is 0 Å². The minimum atomic E-state index is -0.341. The summed E-state index contributed by atoms with van der Waals surface area (Å²) in [6, 6.07) is 5.44. The topological polar surface area (TPSA) is 55.2 Å². The monoisotopic (exact) mass is 254 g/mol. The third-order valence-corrected chi connectivity index (χ3v) is 3.62. The molecule has 5 heteroatoms. The Morgan fingerprint density at radius 2 is 2.24 bits per heavy atom. The van der Waals surface area contributed by atoms with E-state index in [-0.39, 0.29) is 10.6 Å². The van der Waals surface area contributed by atoms with E-state index in [9.17, 15) is 10.1 Å². The molecule has 0 aliphatic carbocycles. The molecule has 1 aromatic carbocycles. The van der Waals surface area contributed by atoms with Gasteiger partial charge in [0.25, 0.3) is 5.69 Å². The van der Waals surface area contributed by atoms with Gasteiger partial charge >= 0.3 is 0 Å². The summed E-state index contributed by atoms with van der Waals surface area (Å²) in [5, 5.41) is 14.1. The molecule has 1 N–H and O–H groups in total. The van der Waals surface area contributed by atoms with Crippen molar-refractivity contribution in [3.8, 4) is 0 Å². The highest BCUT2D eigenvalue weighted by Crippen LogP contribution is 2.25. The Hall–Kier alpha value is -1.23. The Morgan fingerprint density at radius 1 is 1.53 bits per heavy atom. The average Bonchev–Trinajstić information content (AvgIpc) is 2.28. The SMILES string of the molecule is CCSCC(C)Nc1cccc([N+](=O)[O-])c1C. The molecule has 0 saturated carbocycles. The van der Waals surface area contributed by atoms with Crippen molar-refractivity contribution in [2.24, 2.45) is 0 Å². The van der Waals surface area contributed by atoms with Gasteiger partial charge in [0.1, 0.15) is 0 Å².